The van der Waals surface area contributed by atoms with E-state index in [9.17, 15) is 4.39 Å². The standard InChI is InChI=1S/C10H13ClFNO2/c11-9-3-7(1-2-10(9)12)4-13-5-8(15)6-14/h1-3,8,13-15H,4-6H2. The highest BCUT2D eigenvalue weighted by Crippen LogP contribution is 2.15. The van der Waals surface area contributed by atoms with E-state index in [-0.39, 0.29) is 18.2 Å². The van der Waals surface area contributed by atoms with Gasteiger partial charge < -0.3 is 15.5 Å². The summed E-state index contributed by atoms with van der Waals surface area (Å²) in [7, 11) is 0. The van der Waals surface area contributed by atoms with E-state index in [0.29, 0.717) is 6.54 Å². The van der Waals surface area contributed by atoms with Crippen LogP contribution in [0, 0.1) is 5.82 Å². The number of halogens is 2. The molecule has 0 aliphatic rings. The maximum atomic E-state index is 12.8. The zero-order chi connectivity index (χ0) is 11.3. The van der Waals surface area contributed by atoms with Crippen molar-refractivity contribution in [2.45, 2.75) is 12.6 Å². The first kappa shape index (κ1) is 12.4. The largest absolute Gasteiger partial charge is 0.394 e. The van der Waals surface area contributed by atoms with Crippen LogP contribution in [0.25, 0.3) is 0 Å². The third kappa shape index (κ3) is 4.13. The first-order valence-corrected chi connectivity index (χ1v) is 4.95. The number of rotatable bonds is 5. The van der Waals surface area contributed by atoms with Gasteiger partial charge in [-0.2, -0.15) is 0 Å². The van der Waals surface area contributed by atoms with Crippen molar-refractivity contribution in [3.05, 3.63) is 34.6 Å². The van der Waals surface area contributed by atoms with Gasteiger partial charge >= 0.3 is 0 Å². The lowest BCUT2D eigenvalue weighted by Gasteiger charge is -2.09. The second-order valence-corrected chi connectivity index (χ2v) is 3.62. The first-order valence-electron chi connectivity index (χ1n) is 4.57. The number of benzene rings is 1. The highest BCUT2D eigenvalue weighted by molar-refractivity contribution is 6.30. The summed E-state index contributed by atoms with van der Waals surface area (Å²) in [5, 5.41) is 20.6. The predicted molar refractivity (Wildman–Crippen MR) is 56.2 cm³/mol. The van der Waals surface area contributed by atoms with Crippen molar-refractivity contribution < 1.29 is 14.6 Å². The van der Waals surface area contributed by atoms with Gasteiger partial charge in [0.05, 0.1) is 17.7 Å². The number of hydrogen-bond donors (Lipinski definition) is 3. The molecule has 0 heterocycles. The molecule has 0 saturated carbocycles. The van der Waals surface area contributed by atoms with Gasteiger partial charge in [0, 0.05) is 13.1 Å². The normalized spacial score (nSPS) is 12.8. The maximum absolute atomic E-state index is 12.8. The van der Waals surface area contributed by atoms with Crippen molar-refractivity contribution >= 4 is 11.6 Å². The summed E-state index contributed by atoms with van der Waals surface area (Å²) in [4.78, 5) is 0. The highest BCUT2D eigenvalue weighted by Gasteiger charge is 2.03. The van der Waals surface area contributed by atoms with E-state index < -0.39 is 11.9 Å². The SMILES string of the molecule is OCC(O)CNCc1ccc(F)c(Cl)c1. The third-order valence-electron chi connectivity index (χ3n) is 1.90. The molecule has 0 spiro atoms. The molecule has 1 atom stereocenters. The van der Waals surface area contributed by atoms with Crippen LogP contribution in [0.3, 0.4) is 0 Å². The Balaban J connectivity index is 2.41. The zero-order valence-corrected chi connectivity index (χ0v) is 8.84. The molecule has 1 rings (SSSR count). The molecule has 15 heavy (non-hydrogen) atoms. The van der Waals surface area contributed by atoms with Crippen LogP contribution >= 0.6 is 11.6 Å². The van der Waals surface area contributed by atoms with Crippen LogP contribution in [-0.2, 0) is 6.54 Å². The summed E-state index contributed by atoms with van der Waals surface area (Å²) in [6, 6.07) is 4.43. The maximum Gasteiger partial charge on any atom is 0.141 e. The monoisotopic (exact) mass is 233 g/mol. The Morgan fingerprint density at radius 2 is 2.20 bits per heavy atom. The first-order chi connectivity index (χ1) is 7.13. The Morgan fingerprint density at radius 3 is 2.80 bits per heavy atom. The second-order valence-electron chi connectivity index (χ2n) is 3.22. The van der Waals surface area contributed by atoms with Crippen LogP contribution < -0.4 is 5.32 Å². The summed E-state index contributed by atoms with van der Waals surface area (Å²) >= 11 is 5.59. The smallest absolute Gasteiger partial charge is 0.141 e. The van der Waals surface area contributed by atoms with Gasteiger partial charge in [-0.3, -0.25) is 0 Å². The van der Waals surface area contributed by atoms with Gasteiger partial charge in [0.15, 0.2) is 0 Å². The van der Waals surface area contributed by atoms with Gasteiger partial charge in [0.2, 0.25) is 0 Å². The third-order valence-corrected chi connectivity index (χ3v) is 2.19. The van der Waals surface area contributed by atoms with Gasteiger partial charge in [-0.25, -0.2) is 4.39 Å². The molecule has 1 aromatic rings. The fourth-order valence-corrected chi connectivity index (χ4v) is 1.30. The lowest BCUT2D eigenvalue weighted by Crippen LogP contribution is -2.28. The molecule has 0 amide bonds. The Hall–Kier alpha value is -0.680. The molecule has 3 N–H and O–H groups in total. The fraction of sp³-hybridized carbons (Fsp3) is 0.400. The van der Waals surface area contributed by atoms with E-state index in [2.05, 4.69) is 5.32 Å². The lowest BCUT2D eigenvalue weighted by atomic mass is 10.2. The second kappa shape index (κ2) is 6.02. The van der Waals surface area contributed by atoms with Crippen molar-refractivity contribution in [1.29, 1.82) is 0 Å². The number of aliphatic hydroxyl groups excluding tert-OH is 2. The minimum Gasteiger partial charge on any atom is -0.394 e. The zero-order valence-electron chi connectivity index (χ0n) is 8.08. The molecular weight excluding hydrogens is 221 g/mol. The van der Waals surface area contributed by atoms with E-state index >= 15 is 0 Å². The van der Waals surface area contributed by atoms with E-state index in [0.717, 1.165) is 5.56 Å². The molecular formula is C10H13ClFNO2. The molecule has 0 aliphatic heterocycles. The summed E-state index contributed by atoms with van der Waals surface area (Å²) in [6.45, 7) is 0.472. The molecule has 0 radical (unpaired) electrons. The molecule has 0 saturated heterocycles. The Labute approximate surface area is 92.5 Å². The van der Waals surface area contributed by atoms with Gasteiger partial charge in [-0.1, -0.05) is 17.7 Å². The van der Waals surface area contributed by atoms with Crippen molar-refractivity contribution in [2.24, 2.45) is 0 Å². The van der Waals surface area contributed by atoms with Crippen LogP contribution in [0.2, 0.25) is 5.02 Å². The van der Waals surface area contributed by atoms with E-state index in [1.807, 2.05) is 0 Å². The van der Waals surface area contributed by atoms with Gasteiger partial charge in [-0.15, -0.1) is 0 Å². The topological polar surface area (TPSA) is 52.5 Å². The van der Waals surface area contributed by atoms with Crippen molar-refractivity contribution in [3.8, 4) is 0 Å². The van der Waals surface area contributed by atoms with Gasteiger partial charge in [0.1, 0.15) is 5.82 Å². The molecule has 0 fully saturated rings. The molecule has 0 aromatic heterocycles. The highest BCUT2D eigenvalue weighted by atomic mass is 35.5. The molecule has 0 bridgehead atoms. The lowest BCUT2D eigenvalue weighted by molar-refractivity contribution is 0.0942. The molecule has 0 aliphatic carbocycles. The van der Waals surface area contributed by atoms with E-state index in [1.54, 1.807) is 6.07 Å². The van der Waals surface area contributed by atoms with Crippen molar-refractivity contribution in [1.82, 2.24) is 5.32 Å². The Morgan fingerprint density at radius 1 is 1.47 bits per heavy atom. The molecule has 5 heteroatoms. The minimum atomic E-state index is -0.777. The molecule has 84 valence electrons. The molecule has 3 nitrogen and oxygen atoms in total. The average Bonchev–Trinajstić information content (AvgIpc) is 2.23. The van der Waals surface area contributed by atoms with Gasteiger partial charge in [0.25, 0.3) is 0 Å². The summed E-state index contributed by atoms with van der Waals surface area (Å²) < 4.78 is 12.8. The van der Waals surface area contributed by atoms with Crippen LogP contribution in [0.4, 0.5) is 4.39 Å². The van der Waals surface area contributed by atoms with Crippen molar-refractivity contribution in [3.63, 3.8) is 0 Å². The van der Waals surface area contributed by atoms with Crippen LogP contribution in [0.15, 0.2) is 18.2 Å². The Bertz CT molecular complexity index is 322. The van der Waals surface area contributed by atoms with Gasteiger partial charge in [-0.05, 0) is 17.7 Å². The summed E-state index contributed by atoms with van der Waals surface area (Å²) in [5.74, 6) is -0.448. The summed E-state index contributed by atoms with van der Waals surface area (Å²) in [5.41, 5.74) is 0.825. The van der Waals surface area contributed by atoms with E-state index in [1.165, 1.54) is 12.1 Å². The van der Waals surface area contributed by atoms with Crippen molar-refractivity contribution in [2.75, 3.05) is 13.2 Å². The quantitative estimate of drug-likeness (QED) is 0.709. The number of nitrogens with one attached hydrogen (secondary N) is 1. The van der Waals surface area contributed by atoms with Crippen LogP contribution in [0.1, 0.15) is 5.56 Å². The molecule has 1 aromatic carbocycles. The van der Waals surface area contributed by atoms with Crippen LogP contribution in [-0.4, -0.2) is 29.5 Å². The van der Waals surface area contributed by atoms with E-state index in [4.69, 9.17) is 21.8 Å². The minimum absolute atomic E-state index is 0.0806. The predicted octanol–water partition coefficient (Wildman–Crippen LogP) is 0.922. The number of hydrogen-bond acceptors (Lipinski definition) is 3. The summed E-state index contributed by atoms with van der Waals surface area (Å²) in [6.07, 6.45) is -0.777. The van der Waals surface area contributed by atoms with Crippen LogP contribution in [0.5, 0.6) is 0 Å². The Kier molecular flexibility index (Phi) is 4.98. The average molecular weight is 234 g/mol. The fourth-order valence-electron chi connectivity index (χ4n) is 1.10. The number of aliphatic hydroxyl groups is 2. The molecule has 1 unspecified atom stereocenters.